The van der Waals surface area contributed by atoms with Gasteiger partial charge in [-0.25, -0.2) is 0 Å². The second-order valence-corrected chi connectivity index (χ2v) is 4.76. The van der Waals surface area contributed by atoms with Crippen LogP contribution >= 0.6 is 15.9 Å². The summed E-state index contributed by atoms with van der Waals surface area (Å²) in [6, 6.07) is 10.9. The van der Waals surface area contributed by atoms with Crippen molar-refractivity contribution in [3.05, 3.63) is 34.3 Å². The van der Waals surface area contributed by atoms with Gasteiger partial charge in [-0.05, 0) is 44.0 Å². The Morgan fingerprint density at radius 1 is 1.44 bits per heavy atom. The first kappa shape index (κ1) is 13.2. The molecule has 0 aliphatic carbocycles. The summed E-state index contributed by atoms with van der Waals surface area (Å²) in [5, 5.41) is 11.9. The Bertz CT molecular complexity index is 357. The van der Waals surface area contributed by atoms with Gasteiger partial charge in [0.1, 0.15) is 0 Å². The minimum Gasteiger partial charge on any atom is -0.310 e. The third-order valence-electron chi connectivity index (χ3n) is 2.51. The van der Waals surface area contributed by atoms with Crippen LogP contribution in [0.4, 0.5) is 0 Å². The lowest BCUT2D eigenvalue weighted by molar-refractivity contribution is 0.549. The van der Waals surface area contributed by atoms with E-state index in [1.165, 1.54) is 5.56 Å². The lowest BCUT2D eigenvalue weighted by Gasteiger charge is -2.14. The zero-order valence-electron chi connectivity index (χ0n) is 9.54. The van der Waals surface area contributed by atoms with E-state index in [9.17, 15) is 0 Å². The molecule has 2 nitrogen and oxygen atoms in total. The normalized spacial score (nSPS) is 12.1. The van der Waals surface area contributed by atoms with Gasteiger partial charge in [0.2, 0.25) is 0 Å². The van der Waals surface area contributed by atoms with Crippen LogP contribution in [-0.4, -0.2) is 6.54 Å². The Morgan fingerprint density at radius 3 is 2.94 bits per heavy atom. The predicted octanol–water partition coefficient (Wildman–Crippen LogP) is 3.79. The Morgan fingerprint density at radius 2 is 2.25 bits per heavy atom. The molecule has 0 aliphatic rings. The third-order valence-corrected chi connectivity index (χ3v) is 3.01. The number of nitrogens with one attached hydrogen (secondary N) is 1. The van der Waals surface area contributed by atoms with E-state index < -0.39 is 0 Å². The lowest BCUT2D eigenvalue weighted by Crippen LogP contribution is -2.19. The van der Waals surface area contributed by atoms with Crippen molar-refractivity contribution < 1.29 is 0 Å². The van der Waals surface area contributed by atoms with Gasteiger partial charge in [-0.1, -0.05) is 28.1 Å². The molecule has 1 N–H and O–H groups in total. The van der Waals surface area contributed by atoms with Crippen LogP contribution in [0.2, 0.25) is 0 Å². The number of nitrogens with zero attached hydrogens (tertiary/aromatic N) is 1. The second kappa shape index (κ2) is 7.43. The van der Waals surface area contributed by atoms with Gasteiger partial charge in [0.05, 0.1) is 6.07 Å². The molecular formula is C13H17BrN2. The zero-order valence-corrected chi connectivity index (χ0v) is 11.1. The maximum Gasteiger partial charge on any atom is 0.0621 e. The average molecular weight is 281 g/mol. The first-order valence-corrected chi connectivity index (χ1v) is 6.39. The largest absolute Gasteiger partial charge is 0.310 e. The van der Waals surface area contributed by atoms with E-state index in [0.29, 0.717) is 12.5 Å². The smallest absolute Gasteiger partial charge is 0.0621 e. The minimum absolute atomic E-state index is 0.361. The van der Waals surface area contributed by atoms with Crippen LogP contribution in [0.25, 0.3) is 0 Å². The topological polar surface area (TPSA) is 35.8 Å². The van der Waals surface area contributed by atoms with Gasteiger partial charge < -0.3 is 5.32 Å². The van der Waals surface area contributed by atoms with Crippen LogP contribution in [0, 0.1) is 11.3 Å². The SMILES string of the molecule is C[C@@H](NCCCCC#N)c1cccc(Br)c1. The van der Waals surface area contributed by atoms with Crippen LogP contribution < -0.4 is 5.32 Å². The van der Waals surface area contributed by atoms with Crippen molar-refractivity contribution >= 4 is 15.9 Å². The van der Waals surface area contributed by atoms with Crippen molar-refractivity contribution in [3.8, 4) is 6.07 Å². The summed E-state index contributed by atoms with van der Waals surface area (Å²) < 4.78 is 1.11. The molecule has 0 radical (unpaired) electrons. The fourth-order valence-electron chi connectivity index (χ4n) is 1.54. The van der Waals surface area contributed by atoms with E-state index in [4.69, 9.17) is 5.26 Å². The molecule has 0 amide bonds. The van der Waals surface area contributed by atoms with Gasteiger partial charge in [-0.2, -0.15) is 5.26 Å². The highest BCUT2D eigenvalue weighted by Gasteiger charge is 2.03. The summed E-state index contributed by atoms with van der Waals surface area (Å²) in [6.45, 7) is 3.13. The molecule has 3 heteroatoms. The molecule has 0 heterocycles. The van der Waals surface area contributed by atoms with Gasteiger partial charge >= 0.3 is 0 Å². The molecule has 0 aliphatic heterocycles. The fraction of sp³-hybridized carbons (Fsp3) is 0.462. The number of rotatable bonds is 6. The molecular weight excluding hydrogens is 264 g/mol. The molecule has 0 spiro atoms. The fourth-order valence-corrected chi connectivity index (χ4v) is 1.96. The van der Waals surface area contributed by atoms with E-state index in [1.54, 1.807) is 0 Å². The second-order valence-electron chi connectivity index (χ2n) is 3.85. The zero-order chi connectivity index (χ0) is 11.8. The molecule has 0 saturated carbocycles. The highest BCUT2D eigenvalue weighted by Crippen LogP contribution is 2.17. The summed E-state index contributed by atoms with van der Waals surface area (Å²) >= 11 is 3.47. The van der Waals surface area contributed by atoms with Gasteiger partial charge in [0, 0.05) is 16.9 Å². The Hall–Kier alpha value is -0.850. The highest BCUT2D eigenvalue weighted by atomic mass is 79.9. The summed E-state index contributed by atoms with van der Waals surface area (Å²) in [4.78, 5) is 0. The number of hydrogen-bond acceptors (Lipinski definition) is 2. The maximum absolute atomic E-state index is 8.41. The summed E-state index contributed by atoms with van der Waals surface area (Å²) in [5.74, 6) is 0. The number of halogens is 1. The first-order valence-electron chi connectivity index (χ1n) is 5.60. The van der Waals surface area contributed by atoms with Crippen LogP contribution in [0.3, 0.4) is 0 Å². The molecule has 0 saturated heterocycles. The number of unbranched alkanes of at least 4 members (excludes halogenated alkanes) is 2. The lowest BCUT2D eigenvalue weighted by atomic mass is 10.1. The van der Waals surface area contributed by atoms with E-state index in [2.05, 4.69) is 46.4 Å². The standard InChI is InChI=1S/C13H17BrN2/c1-11(16-9-4-2-3-8-15)12-6-5-7-13(14)10-12/h5-7,10-11,16H,2-4,9H2,1H3/t11-/m1/s1. The Kier molecular flexibility index (Phi) is 6.14. The van der Waals surface area contributed by atoms with Crippen molar-refractivity contribution in [2.24, 2.45) is 0 Å². The molecule has 1 rings (SSSR count). The molecule has 0 unspecified atom stereocenters. The molecule has 1 aromatic rings. The van der Waals surface area contributed by atoms with Crippen molar-refractivity contribution in [3.63, 3.8) is 0 Å². The van der Waals surface area contributed by atoms with Crippen LogP contribution in [0.1, 0.15) is 37.8 Å². The quantitative estimate of drug-likeness (QED) is 0.805. The number of benzene rings is 1. The maximum atomic E-state index is 8.41. The third kappa shape index (κ3) is 4.78. The Balaban J connectivity index is 2.30. The van der Waals surface area contributed by atoms with Crippen LogP contribution in [-0.2, 0) is 0 Å². The summed E-state index contributed by atoms with van der Waals surface area (Å²) in [6.07, 6.45) is 2.70. The average Bonchev–Trinajstić information content (AvgIpc) is 2.28. The molecule has 1 atom stereocenters. The monoisotopic (exact) mass is 280 g/mol. The van der Waals surface area contributed by atoms with Crippen LogP contribution in [0.15, 0.2) is 28.7 Å². The number of nitriles is 1. The molecule has 0 bridgehead atoms. The molecule has 86 valence electrons. The molecule has 0 aromatic heterocycles. The molecule has 16 heavy (non-hydrogen) atoms. The Labute approximate surface area is 106 Å². The predicted molar refractivity (Wildman–Crippen MR) is 70.0 cm³/mol. The van der Waals surface area contributed by atoms with Gasteiger partial charge in [-0.15, -0.1) is 0 Å². The van der Waals surface area contributed by atoms with Crippen molar-refractivity contribution in [1.29, 1.82) is 5.26 Å². The molecule has 0 fully saturated rings. The van der Waals surface area contributed by atoms with E-state index >= 15 is 0 Å². The van der Waals surface area contributed by atoms with Crippen molar-refractivity contribution in [1.82, 2.24) is 5.32 Å². The summed E-state index contributed by atoms with van der Waals surface area (Å²) in [7, 11) is 0. The van der Waals surface area contributed by atoms with Crippen molar-refractivity contribution in [2.75, 3.05) is 6.54 Å². The molecule has 1 aromatic carbocycles. The van der Waals surface area contributed by atoms with Crippen LogP contribution in [0.5, 0.6) is 0 Å². The van der Waals surface area contributed by atoms with Gasteiger partial charge in [-0.3, -0.25) is 0 Å². The first-order chi connectivity index (χ1) is 7.74. The van der Waals surface area contributed by atoms with E-state index in [0.717, 1.165) is 23.9 Å². The number of hydrogen-bond donors (Lipinski definition) is 1. The van der Waals surface area contributed by atoms with Gasteiger partial charge in [0.15, 0.2) is 0 Å². The van der Waals surface area contributed by atoms with E-state index in [1.807, 2.05) is 12.1 Å². The van der Waals surface area contributed by atoms with E-state index in [-0.39, 0.29) is 0 Å². The van der Waals surface area contributed by atoms with Gasteiger partial charge in [0.25, 0.3) is 0 Å². The summed E-state index contributed by atoms with van der Waals surface area (Å²) in [5.41, 5.74) is 1.29. The highest BCUT2D eigenvalue weighted by molar-refractivity contribution is 9.10. The minimum atomic E-state index is 0.361. The van der Waals surface area contributed by atoms with Crippen molar-refractivity contribution in [2.45, 2.75) is 32.2 Å².